The SMILES string of the molecule is Cc1cc(O)c2c(N=Nc3ccc(Nc4nc(O)nc(Nc5cc(C(=O)ON)cc(C(=O)ON)c5)n4)cc3C)c(N)ccc2c1. The Labute approximate surface area is 254 Å². The van der Waals surface area contributed by atoms with Gasteiger partial charge < -0.3 is 36.3 Å². The summed E-state index contributed by atoms with van der Waals surface area (Å²) in [6.45, 7) is 3.69. The molecule has 0 aliphatic carbocycles. The summed E-state index contributed by atoms with van der Waals surface area (Å²) >= 11 is 0. The summed E-state index contributed by atoms with van der Waals surface area (Å²) in [7, 11) is 0. The van der Waals surface area contributed by atoms with Crippen LogP contribution in [0.3, 0.4) is 0 Å². The van der Waals surface area contributed by atoms with Crippen LogP contribution in [0, 0.1) is 13.8 Å². The molecular formula is C29H26N10O6. The largest absolute Gasteiger partial charge is 0.507 e. The van der Waals surface area contributed by atoms with Crippen LogP contribution in [0.4, 0.5) is 40.3 Å². The number of anilines is 5. The molecule has 0 radical (unpaired) electrons. The average Bonchev–Trinajstić information content (AvgIpc) is 3.00. The predicted octanol–water partition coefficient (Wildman–Crippen LogP) is 4.60. The van der Waals surface area contributed by atoms with Crippen LogP contribution >= 0.6 is 0 Å². The molecule has 228 valence electrons. The van der Waals surface area contributed by atoms with Crippen molar-refractivity contribution in [1.29, 1.82) is 0 Å². The summed E-state index contributed by atoms with van der Waals surface area (Å²) in [6.07, 6.45) is 0. The zero-order chi connectivity index (χ0) is 32.2. The maximum absolute atomic E-state index is 12.0. The molecule has 5 rings (SSSR count). The molecule has 1 aromatic heterocycles. The highest BCUT2D eigenvalue weighted by Crippen LogP contribution is 2.40. The summed E-state index contributed by atoms with van der Waals surface area (Å²) in [4.78, 5) is 44.4. The van der Waals surface area contributed by atoms with Gasteiger partial charge in [0.25, 0.3) is 0 Å². The van der Waals surface area contributed by atoms with E-state index in [2.05, 4.69) is 45.5 Å². The highest BCUT2D eigenvalue weighted by molar-refractivity contribution is 6.02. The molecule has 5 aromatic rings. The lowest BCUT2D eigenvalue weighted by Gasteiger charge is -2.11. The van der Waals surface area contributed by atoms with Crippen LogP contribution in [0.25, 0.3) is 10.8 Å². The number of azo groups is 1. The fourth-order valence-corrected chi connectivity index (χ4v) is 4.45. The molecule has 0 spiro atoms. The molecule has 0 unspecified atom stereocenters. The minimum absolute atomic E-state index is 0.0350. The van der Waals surface area contributed by atoms with Crippen LogP contribution in [0.5, 0.6) is 11.8 Å². The Morgan fingerprint density at radius 2 is 1.42 bits per heavy atom. The third kappa shape index (κ3) is 6.66. The van der Waals surface area contributed by atoms with Crippen molar-refractivity contribution in [3.8, 4) is 11.8 Å². The highest BCUT2D eigenvalue weighted by atomic mass is 16.7. The normalized spacial score (nSPS) is 11.0. The van der Waals surface area contributed by atoms with Gasteiger partial charge in [0.05, 0.1) is 27.9 Å². The monoisotopic (exact) mass is 610 g/mol. The zero-order valence-corrected chi connectivity index (χ0v) is 23.8. The number of aromatic nitrogens is 3. The van der Waals surface area contributed by atoms with Crippen LogP contribution in [0.1, 0.15) is 31.8 Å². The second-order valence-corrected chi connectivity index (χ2v) is 9.73. The van der Waals surface area contributed by atoms with Gasteiger partial charge in [-0.15, -0.1) is 5.11 Å². The van der Waals surface area contributed by atoms with Gasteiger partial charge in [-0.1, -0.05) is 12.1 Å². The number of phenolic OH excluding ortho intramolecular Hbond substituents is 1. The van der Waals surface area contributed by atoms with Crippen LogP contribution in [-0.4, -0.2) is 37.1 Å². The van der Waals surface area contributed by atoms with Gasteiger partial charge in [0.15, 0.2) is 0 Å². The number of hydrogen-bond donors (Lipinski definition) is 7. The predicted molar refractivity (Wildman–Crippen MR) is 164 cm³/mol. The van der Waals surface area contributed by atoms with Gasteiger partial charge in [-0.05, 0) is 78.9 Å². The van der Waals surface area contributed by atoms with Crippen LogP contribution in [0.15, 0.2) is 70.9 Å². The van der Waals surface area contributed by atoms with Crippen molar-refractivity contribution < 1.29 is 29.5 Å². The van der Waals surface area contributed by atoms with E-state index in [0.717, 1.165) is 16.5 Å². The molecule has 0 aliphatic heterocycles. The molecule has 0 atom stereocenters. The van der Waals surface area contributed by atoms with Crippen molar-refractivity contribution in [3.63, 3.8) is 0 Å². The van der Waals surface area contributed by atoms with Crippen molar-refractivity contribution in [3.05, 3.63) is 82.9 Å². The lowest BCUT2D eigenvalue weighted by Crippen LogP contribution is -2.14. The highest BCUT2D eigenvalue weighted by Gasteiger charge is 2.16. The number of nitrogens with zero attached hydrogens (tertiary/aromatic N) is 5. The summed E-state index contributed by atoms with van der Waals surface area (Å²) in [5, 5.41) is 36.4. The minimum Gasteiger partial charge on any atom is -0.507 e. The van der Waals surface area contributed by atoms with Crippen LogP contribution in [0.2, 0.25) is 0 Å². The van der Waals surface area contributed by atoms with Crippen molar-refractivity contribution in [2.45, 2.75) is 13.8 Å². The van der Waals surface area contributed by atoms with Crippen molar-refractivity contribution >= 4 is 63.0 Å². The first-order valence-electron chi connectivity index (χ1n) is 13.0. The van der Waals surface area contributed by atoms with Crippen LogP contribution in [-0.2, 0) is 9.68 Å². The zero-order valence-electron chi connectivity index (χ0n) is 23.8. The number of carbonyl (C=O) groups excluding carboxylic acids is 2. The van der Waals surface area contributed by atoms with Gasteiger partial charge in [-0.2, -0.15) is 31.9 Å². The number of carbonyl (C=O) groups is 2. The van der Waals surface area contributed by atoms with Gasteiger partial charge in [0, 0.05) is 11.4 Å². The number of aromatic hydroxyl groups is 2. The van der Waals surface area contributed by atoms with Crippen molar-refractivity contribution in [1.82, 2.24) is 15.0 Å². The minimum atomic E-state index is -0.933. The molecule has 0 saturated carbocycles. The van der Waals surface area contributed by atoms with E-state index in [-0.39, 0.29) is 34.5 Å². The summed E-state index contributed by atoms with van der Waals surface area (Å²) in [6, 6.07) is 15.4. The van der Waals surface area contributed by atoms with Crippen molar-refractivity contribution in [2.24, 2.45) is 22.0 Å². The second-order valence-electron chi connectivity index (χ2n) is 9.73. The number of nitrogens with one attached hydrogen (secondary N) is 2. The molecule has 0 bridgehead atoms. The molecule has 0 fully saturated rings. The van der Waals surface area contributed by atoms with Crippen molar-refractivity contribution in [2.75, 3.05) is 16.4 Å². The Balaban J connectivity index is 1.38. The van der Waals surface area contributed by atoms with Crippen LogP contribution < -0.4 is 28.2 Å². The van der Waals surface area contributed by atoms with Gasteiger partial charge in [0.1, 0.15) is 11.4 Å². The molecule has 45 heavy (non-hydrogen) atoms. The molecule has 16 heteroatoms. The lowest BCUT2D eigenvalue weighted by molar-refractivity contribution is 0.0501. The first kappa shape index (κ1) is 30.1. The lowest BCUT2D eigenvalue weighted by atomic mass is 10.0. The molecule has 0 amide bonds. The number of nitrogen functional groups attached to an aromatic ring is 1. The Hall–Kier alpha value is -6.39. The third-order valence-corrected chi connectivity index (χ3v) is 6.45. The number of fused-ring (bicyclic) bond motifs is 1. The summed E-state index contributed by atoms with van der Waals surface area (Å²) in [5.41, 5.74) is 9.53. The maximum atomic E-state index is 12.0. The Kier molecular flexibility index (Phi) is 8.33. The third-order valence-electron chi connectivity index (χ3n) is 6.45. The van der Waals surface area contributed by atoms with E-state index >= 15 is 0 Å². The Morgan fingerprint density at radius 1 is 0.778 bits per heavy atom. The first-order chi connectivity index (χ1) is 21.5. The maximum Gasteiger partial charge on any atom is 0.356 e. The molecule has 1 heterocycles. The Bertz CT molecular complexity index is 1970. The average molecular weight is 611 g/mol. The first-order valence-corrected chi connectivity index (χ1v) is 13.0. The van der Waals surface area contributed by atoms with E-state index in [1.807, 2.05) is 26.0 Å². The van der Waals surface area contributed by atoms with E-state index in [1.165, 1.54) is 18.2 Å². The Morgan fingerprint density at radius 3 is 2.04 bits per heavy atom. The number of aryl methyl sites for hydroxylation is 2. The number of rotatable bonds is 8. The fourth-order valence-electron chi connectivity index (χ4n) is 4.45. The van der Waals surface area contributed by atoms with Gasteiger partial charge in [0.2, 0.25) is 11.9 Å². The molecular weight excluding hydrogens is 584 g/mol. The smallest absolute Gasteiger partial charge is 0.356 e. The van der Waals surface area contributed by atoms with Gasteiger partial charge >= 0.3 is 17.9 Å². The molecule has 10 N–H and O–H groups in total. The number of hydrogen-bond acceptors (Lipinski definition) is 16. The van der Waals surface area contributed by atoms with E-state index in [1.54, 1.807) is 30.3 Å². The van der Waals surface area contributed by atoms with E-state index in [9.17, 15) is 19.8 Å². The fraction of sp³-hybridized carbons (Fsp3) is 0.0690. The summed E-state index contributed by atoms with van der Waals surface area (Å²) < 4.78 is 0. The topological polar surface area (TPSA) is 259 Å². The number of benzene rings is 4. The number of phenols is 1. The quantitative estimate of drug-likeness (QED) is 0.0719. The van der Waals surface area contributed by atoms with E-state index < -0.39 is 17.9 Å². The molecule has 4 aromatic carbocycles. The standard InChI is InChI=1S/C29H26N10O6/c1-13-7-15-3-5-20(30)24(23(15)22(40)8-13)39-38-21-6-4-18(9-14(21)2)33-27-35-28(37-29(43)36-27)34-19-11-16(25(41)44-31)10-17(12-19)26(42)45-32/h3-12,40H,30-32H2,1-2H3,(H3,33,34,35,36,37,43). The van der Waals surface area contributed by atoms with Gasteiger partial charge in [-0.25, -0.2) is 9.59 Å². The molecule has 16 nitrogen and oxygen atoms in total. The van der Waals surface area contributed by atoms with E-state index in [4.69, 9.17) is 17.5 Å². The van der Waals surface area contributed by atoms with E-state index in [0.29, 0.717) is 28.1 Å². The van der Waals surface area contributed by atoms with Gasteiger partial charge in [-0.3, -0.25) is 0 Å². The number of nitrogens with two attached hydrogens (primary N) is 3. The second kappa shape index (κ2) is 12.5. The molecule has 0 saturated heterocycles. The molecule has 0 aliphatic rings. The summed E-state index contributed by atoms with van der Waals surface area (Å²) in [5.74, 6) is 7.96.